The van der Waals surface area contributed by atoms with Crippen molar-refractivity contribution in [2.75, 3.05) is 7.11 Å². The molecule has 0 bridgehead atoms. The Labute approximate surface area is 124 Å². The molecule has 0 heterocycles. The number of hydrogen-bond donors (Lipinski definition) is 0. The molecule has 2 aromatic carbocycles. The third kappa shape index (κ3) is 3.40. The van der Waals surface area contributed by atoms with Crippen LogP contribution in [-0.4, -0.2) is 18.1 Å². The van der Waals surface area contributed by atoms with Gasteiger partial charge in [0.2, 0.25) is 6.04 Å². The van der Waals surface area contributed by atoms with Crippen LogP contribution in [0.25, 0.3) is 0 Å². The summed E-state index contributed by atoms with van der Waals surface area (Å²) in [5, 5.41) is 11.3. The van der Waals surface area contributed by atoms with E-state index >= 15 is 0 Å². The van der Waals surface area contributed by atoms with Crippen molar-refractivity contribution in [1.29, 1.82) is 0 Å². The molecule has 2 rings (SSSR count). The molecule has 2 unspecified atom stereocenters. The van der Waals surface area contributed by atoms with Gasteiger partial charge in [0.05, 0.1) is 13.0 Å². The fourth-order valence-corrected chi connectivity index (χ4v) is 2.46. The van der Waals surface area contributed by atoms with Crippen LogP contribution in [0.2, 0.25) is 0 Å². The number of rotatable bonds is 5. The summed E-state index contributed by atoms with van der Waals surface area (Å²) in [7, 11) is 1.60. The number of ether oxygens (including phenoxy) is 1. The number of nitro groups is 1. The minimum Gasteiger partial charge on any atom is -0.497 e. The lowest BCUT2D eigenvalue weighted by Crippen LogP contribution is -2.25. The summed E-state index contributed by atoms with van der Waals surface area (Å²) in [6.07, 6.45) is 0. The fourth-order valence-electron chi connectivity index (χ4n) is 2.46. The fraction of sp³-hybridized carbons (Fsp3) is 0.294. The van der Waals surface area contributed by atoms with Crippen molar-refractivity contribution in [2.24, 2.45) is 0 Å². The highest BCUT2D eigenvalue weighted by atomic mass is 16.6. The van der Waals surface area contributed by atoms with Crippen molar-refractivity contribution < 1.29 is 9.66 Å². The quantitative estimate of drug-likeness (QED) is 0.620. The van der Waals surface area contributed by atoms with E-state index in [1.54, 1.807) is 14.0 Å². The summed E-state index contributed by atoms with van der Waals surface area (Å²) in [5.41, 5.74) is 3.01. The zero-order valence-corrected chi connectivity index (χ0v) is 12.4. The van der Waals surface area contributed by atoms with E-state index in [4.69, 9.17) is 4.74 Å². The molecule has 0 saturated heterocycles. The van der Waals surface area contributed by atoms with E-state index in [2.05, 4.69) is 0 Å². The molecule has 0 spiro atoms. The van der Waals surface area contributed by atoms with Crippen LogP contribution in [-0.2, 0) is 0 Å². The van der Waals surface area contributed by atoms with E-state index in [1.807, 2.05) is 55.5 Å². The Morgan fingerprint density at radius 2 is 1.48 bits per heavy atom. The predicted octanol–water partition coefficient (Wildman–Crippen LogP) is 3.80. The zero-order chi connectivity index (χ0) is 15.4. The Morgan fingerprint density at radius 3 is 1.90 bits per heavy atom. The summed E-state index contributed by atoms with van der Waals surface area (Å²) < 4.78 is 5.14. The van der Waals surface area contributed by atoms with Crippen molar-refractivity contribution in [2.45, 2.75) is 25.8 Å². The molecule has 4 heteroatoms. The van der Waals surface area contributed by atoms with Crippen LogP contribution in [0.15, 0.2) is 48.5 Å². The maximum atomic E-state index is 11.3. The van der Waals surface area contributed by atoms with Gasteiger partial charge in [-0.2, -0.15) is 0 Å². The zero-order valence-electron chi connectivity index (χ0n) is 12.4. The first-order chi connectivity index (χ1) is 10.0. The Kier molecular flexibility index (Phi) is 4.58. The molecule has 0 saturated carbocycles. The Balaban J connectivity index is 2.44. The Bertz CT molecular complexity index is 605. The summed E-state index contributed by atoms with van der Waals surface area (Å²) in [6.45, 7) is 3.65. The van der Waals surface area contributed by atoms with Crippen LogP contribution in [0.5, 0.6) is 5.75 Å². The van der Waals surface area contributed by atoms with E-state index in [1.165, 1.54) is 0 Å². The third-order valence-corrected chi connectivity index (χ3v) is 3.73. The average Bonchev–Trinajstić information content (AvgIpc) is 2.50. The number of benzene rings is 2. The van der Waals surface area contributed by atoms with Gasteiger partial charge in [0.15, 0.2) is 0 Å². The van der Waals surface area contributed by atoms with Crippen LogP contribution >= 0.6 is 0 Å². The van der Waals surface area contributed by atoms with E-state index in [0.717, 1.165) is 22.4 Å². The first-order valence-electron chi connectivity index (χ1n) is 6.87. The summed E-state index contributed by atoms with van der Waals surface area (Å²) in [4.78, 5) is 11.0. The maximum Gasteiger partial charge on any atom is 0.221 e. The molecule has 0 aliphatic heterocycles. The Hall–Kier alpha value is -2.36. The SMILES string of the molecule is COc1ccc(C(c2ccc(C)cc2)C(C)[N+](=O)[O-])cc1. The van der Waals surface area contributed by atoms with Crippen LogP contribution in [0.4, 0.5) is 0 Å². The molecule has 0 amide bonds. The van der Waals surface area contributed by atoms with Gasteiger partial charge in [0.25, 0.3) is 0 Å². The lowest BCUT2D eigenvalue weighted by molar-refractivity contribution is -0.520. The molecule has 0 aliphatic carbocycles. The molecule has 0 fully saturated rings. The van der Waals surface area contributed by atoms with Gasteiger partial charge in [-0.05, 0) is 30.2 Å². The standard InChI is InChI=1S/C17H19NO3/c1-12-4-6-14(7-5-12)17(13(2)18(19)20)15-8-10-16(21-3)11-9-15/h4-11,13,17H,1-3H3. The first kappa shape index (κ1) is 15.0. The lowest BCUT2D eigenvalue weighted by Gasteiger charge is -2.19. The minimum absolute atomic E-state index is 0.227. The van der Waals surface area contributed by atoms with E-state index in [0.29, 0.717) is 0 Å². The van der Waals surface area contributed by atoms with Crippen molar-refractivity contribution in [3.63, 3.8) is 0 Å². The number of hydrogen-bond acceptors (Lipinski definition) is 3. The van der Waals surface area contributed by atoms with Gasteiger partial charge in [0.1, 0.15) is 5.75 Å². The van der Waals surface area contributed by atoms with Gasteiger partial charge >= 0.3 is 0 Å². The molecule has 4 nitrogen and oxygen atoms in total. The van der Waals surface area contributed by atoms with Gasteiger partial charge in [-0.3, -0.25) is 10.1 Å². The van der Waals surface area contributed by atoms with Crippen molar-refractivity contribution in [3.8, 4) is 5.75 Å². The highest BCUT2D eigenvalue weighted by molar-refractivity contribution is 5.37. The maximum absolute atomic E-state index is 11.3. The van der Waals surface area contributed by atoms with Gasteiger partial charge in [-0.25, -0.2) is 0 Å². The first-order valence-corrected chi connectivity index (χ1v) is 6.87. The second kappa shape index (κ2) is 6.39. The monoisotopic (exact) mass is 285 g/mol. The Morgan fingerprint density at radius 1 is 1.00 bits per heavy atom. The van der Waals surface area contributed by atoms with Crippen LogP contribution in [0.3, 0.4) is 0 Å². The largest absolute Gasteiger partial charge is 0.497 e. The van der Waals surface area contributed by atoms with Crippen molar-refractivity contribution in [1.82, 2.24) is 0 Å². The smallest absolute Gasteiger partial charge is 0.221 e. The normalized spacial score (nSPS) is 13.5. The van der Waals surface area contributed by atoms with Gasteiger partial charge in [-0.1, -0.05) is 42.0 Å². The molecule has 0 radical (unpaired) electrons. The van der Waals surface area contributed by atoms with Crippen LogP contribution in [0.1, 0.15) is 29.5 Å². The molecule has 0 N–H and O–H groups in total. The highest BCUT2D eigenvalue weighted by Gasteiger charge is 2.29. The molecule has 0 aliphatic rings. The summed E-state index contributed by atoms with van der Waals surface area (Å²) >= 11 is 0. The molecular weight excluding hydrogens is 266 g/mol. The van der Waals surface area contributed by atoms with Crippen LogP contribution < -0.4 is 4.74 Å². The van der Waals surface area contributed by atoms with Gasteiger partial charge in [0, 0.05) is 11.8 Å². The minimum atomic E-state index is -0.693. The van der Waals surface area contributed by atoms with E-state index in [-0.39, 0.29) is 10.8 Å². The molecule has 21 heavy (non-hydrogen) atoms. The third-order valence-electron chi connectivity index (χ3n) is 3.73. The second-order valence-electron chi connectivity index (χ2n) is 5.19. The van der Waals surface area contributed by atoms with Gasteiger partial charge in [-0.15, -0.1) is 0 Å². The van der Waals surface area contributed by atoms with E-state index in [9.17, 15) is 10.1 Å². The second-order valence-corrected chi connectivity index (χ2v) is 5.19. The van der Waals surface area contributed by atoms with Crippen LogP contribution in [0, 0.1) is 17.0 Å². The average molecular weight is 285 g/mol. The number of aryl methyl sites for hydroxylation is 1. The summed E-state index contributed by atoms with van der Waals surface area (Å²) in [6, 6.07) is 14.7. The topological polar surface area (TPSA) is 52.4 Å². The molecular formula is C17H19NO3. The van der Waals surface area contributed by atoms with Gasteiger partial charge < -0.3 is 4.74 Å². The molecule has 110 valence electrons. The lowest BCUT2D eigenvalue weighted by atomic mass is 9.85. The molecule has 2 aromatic rings. The number of methoxy groups -OCH3 is 1. The predicted molar refractivity (Wildman–Crippen MR) is 82.5 cm³/mol. The van der Waals surface area contributed by atoms with Crippen molar-refractivity contribution in [3.05, 3.63) is 75.3 Å². The number of nitrogens with zero attached hydrogens (tertiary/aromatic N) is 1. The van der Waals surface area contributed by atoms with E-state index < -0.39 is 6.04 Å². The molecule has 0 aromatic heterocycles. The highest BCUT2D eigenvalue weighted by Crippen LogP contribution is 2.30. The van der Waals surface area contributed by atoms with Crippen molar-refractivity contribution >= 4 is 0 Å². The molecule has 2 atom stereocenters. The summed E-state index contributed by atoms with van der Waals surface area (Å²) in [5.74, 6) is 0.474.